The van der Waals surface area contributed by atoms with Crippen molar-refractivity contribution in [1.82, 2.24) is 0 Å². The highest BCUT2D eigenvalue weighted by Crippen LogP contribution is 1.83. The van der Waals surface area contributed by atoms with Gasteiger partial charge in [-0.05, 0) is 0 Å². The Bertz CT molecular complexity index is 159. The first kappa shape index (κ1) is 8.50. The van der Waals surface area contributed by atoms with Crippen molar-refractivity contribution < 1.29 is 14.3 Å². The van der Waals surface area contributed by atoms with Crippen LogP contribution in [0.4, 0.5) is 4.79 Å². The van der Waals surface area contributed by atoms with Gasteiger partial charge in [-0.1, -0.05) is 12.7 Å². The molecule has 0 aromatic carbocycles. The normalized spacial score (nSPS) is 7.50. The quantitative estimate of drug-likeness (QED) is 0.431. The van der Waals surface area contributed by atoms with E-state index in [-0.39, 0.29) is 13.2 Å². The lowest BCUT2D eigenvalue weighted by molar-refractivity contribution is 0.0728. The van der Waals surface area contributed by atoms with E-state index in [0.717, 1.165) is 0 Å². The lowest BCUT2D eigenvalue weighted by atomic mass is 10.7. The molecular formula is C6H7NO3. The Morgan fingerprint density at radius 2 is 2.40 bits per heavy atom. The Balaban J connectivity index is 3.27. The minimum Gasteiger partial charge on any atom is -0.430 e. The molecule has 0 bridgehead atoms. The molecule has 0 aliphatic heterocycles. The highest BCUT2D eigenvalue weighted by atomic mass is 16.7. The average Bonchev–Trinajstić information content (AvgIpc) is 1.97. The van der Waals surface area contributed by atoms with Crippen LogP contribution in [0, 0.1) is 11.3 Å². The van der Waals surface area contributed by atoms with E-state index in [4.69, 9.17) is 5.26 Å². The van der Waals surface area contributed by atoms with Crippen LogP contribution in [0.3, 0.4) is 0 Å². The van der Waals surface area contributed by atoms with Gasteiger partial charge in [0.15, 0.2) is 6.61 Å². The van der Waals surface area contributed by atoms with Gasteiger partial charge in [0, 0.05) is 0 Å². The second-order valence-electron chi connectivity index (χ2n) is 1.30. The predicted molar refractivity (Wildman–Crippen MR) is 33.1 cm³/mol. The first-order chi connectivity index (χ1) is 4.81. The van der Waals surface area contributed by atoms with Crippen molar-refractivity contribution in [3.05, 3.63) is 12.7 Å². The van der Waals surface area contributed by atoms with Gasteiger partial charge in [0.05, 0.1) is 0 Å². The molecule has 0 amide bonds. The SMILES string of the molecule is C=CCOC(=O)OCC#N. The Kier molecular flexibility index (Phi) is 4.79. The van der Waals surface area contributed by atoms with Gasteiger partial charge in [0.2, 0.25) is 0 Å². The van der Waals surface area contributed by atoms with Crippen molar-refractivity contribution in [2.75, 3.05) is 13.2 Å². The fourth-order valence-electron chi connectivity index (χ4n) is 0.260. The van der Waals surface area contributed by atoms with Crippen molar-refractivity contribution in [2.45, 2.75) is 0 Å². The third-order valence-corrected chi connectivity index (χ3v) is 0.574. The van der Waals surface area contributed by atoms with Crippen LogP contribution >= 0.6 is 0 Å². The van der Waals surface area contributed by atoms with E-state index in [0.29, 0.717) is 0 Å². The van der Waals surface area contributed by atoms with E-state index in [1.165, 1.54) is 6.08 Å². The maximum absolute atomic E-state index is 10.3. The standard InChI is InChI=1S/C6H7NO3/c1-2-4-9-6(8)10-5-3-7/h2H,1,4-5H2. The second kappa shape index (κ2) is 5.63. The maximum Gasteiger partial charge on any atom is 0.509 e. The van der Waals surface area contributed by atoms with Crippen LogP contribution in [0.25, 0.3) is 0 Å². The molecular weight excluding hydrogens is 134 g/mol. The molecule has 0 saturated heterocycles. The summed E-state index contributed by atoms with van der Waals surface area (Å²) >= 11 is 0. The van der Waals surface area contributed by atoms with Crippen molar-refractivity contribution in [3.63, 3.8) is 0 Å². The molecule has 0 heterocycles. The number of nitriles is 1. The minimum absolute atomic E-state index is 0.101. The summed E-state index contributed by atoms with van der Waals surface area (Å²) in [6.45, 7) is 3.13. The number of rotatable bonds is 3. The lowest BCUT2D eigenvalue weighted by Gasteiger charge is -1.98. The molecule has 0 radical (unpaired) electrons. The summed E-state index contributed by atoms with van der Waals surface area (Å²) in [5.74, 6) is 0. The van der Waals surface area contributed by atoms with Crippen LogP contribution < -0.4 is 0 Å². The summed E-state index contributed by atoms with van der Waals surface area (Å²) in [5, 5.41) is 7.94. The van der Waals surface area contributed by atoms with Crippen molar-refractivity contribution in [2.24, 2.45) is 0 Å². The zero-order valence-corrected chi connectivity index (χ0v) is 5.37. The fourth-order valence-corrected chi connectivity index (χ4v) is 0.260. The van der Waals surface area contributed by atoms with E-state index in [2.05, 4.69) is 16.1 Å². The molecule has 10 heavy (non-hydrogen) atoms. The highest BCUT2D eigenvalue weighted by molar-refractivity contribution is 5.60. The Morgan fingerprint density at radius 3 is 2.90 bits per heavy atom. The first-order valence-electron chi connectivity index (χ1n) is 2.58. The Morgan fingerprint density at radius 1 is 1.70 bits per heavy atom. The average molecular weight is 141 g/mol. The predicted octanol–water partition coefficient (Wildman–Crippen LogP) is 0.849. The molecule has 0 aromatic rings. The zero-order chi connectivity index (χ0) is 7.82. The van der Waals surface area contributed by atoms with E-state index in [9.17, 15) is 4.79 Å². The van der Waals surface area contributed by atoms with Crippen molar-refractivity contribution >= 4 is 6.16 Å². The van der Waals surface area contributed by atoms with Gasteiger partial charge >= 0.3 is 6.16 Å². The first-order valence-corrected chi connectivity index (χ1v) is 2.58. The molecule has 0 aliphatic rings. The number of carbonyl (C=O) groups is 1. The number of hydrogen-bond donors (Lipinski definition) is 0. The Labute approximate surface area is 58.7 Å². The van der Waals surface area contributed by atoms with Crippen LogP contribution in [0.1, 0.15) is 0 Å². The van der Waals surface area contributed by atoms with Gasteiger partial charge < -0.3 is 9.47 Å². The van der Waals surface area contributed by atoms with Crippen LogP contribution in [0.5, 0.6) is 0 Å². The molecule has 0 N–H and O–H groups in total. The van der Waals surface area contributed by atoms with E-state index in [1.807, 2.05) is 0 Å². The van der Waals surface area contributed by atoms with Crippen LogP contribution in [-0.2, 0) is 9.47 Å². The summed E-state index contributed by atoms with van der Waals surface area (Å²) in [4.78, 5) is 10.3. The molecule has 4 nitrogen and oxygen atoms in total. The molecule has 0 unspecified atom stereocenters. The molecule has 0 rings (SSSR count). The van der Waals surface area contributed by atoms with Crippen LogP contribution in [0.15, 0.2) is 12.7 Å². The topological polar surface area (TPSA) is 59.3 Å². The zero-order valence-electron chi connectivity index (χ0n) is 5.37. The smallest absolute Gasteiger partial charge is 0.430 e. The van der Waals surface area contributed by atoms with Gasteiger partial charge in [-0.15, -0.1) is 0 Å². The Hall–Kier alpha value is -1.50. The van der Waals surface area contributed by atoms with Crippen molar-refractivity contribution in [3.8, 4) is 6.07 Å². The highest BCUT2D eigenvalue weighted by Gasteiger charge is 1.98. The molecule has 0 aromatic heterocycles. The summed E-state index contributed by atoms with van der Waals surface area (Å²) in [6.07, 6.45) is 0.564. The summed E-state index contributed by atoms with van der Waals surface area (Å²) in [6, 6.07) is 1.63. The number of nitrogens with zero attached hydrogens (tertiary/aromatic N) is 1. The van der Waals surface area contributed by atoms with Gasteiger partial charge in [-0.25, -0.2) is 4.79 Å². The molecule has 4 heteroatoms. The molecule has 0 atom stereocenters. The molecule has 0 spiro atoms. The lowest BCUT2D eigenvalue weighted by Crippen LogP contribution is -2.06. The van der Waals surface area contributed by atoms with Crippen LogP contribution in [0.2, 0.25) is 0 Å². The maximum atomic E-state index is 10.3. The minimum atomic E-state index is -0.846. The third kappa shape index (κ3) is 4.65. The summed E-state index contributed by atoms with van der Waals surface area (Å²) < 4.78 is 8.59. The van der Waals surface area contributed by atoms with Crippen LogP contribution in [-0.4, -0.2) is 19.4 Å². The van der Waals surface area contributed by atoms with E-state index in [1.54, 1.807) is 6.07 Å². The molecule has 0 fully saturated rings. The fraction of sp³-hybridized carbons (Fsp3) is 0.333. The van der Waals surface area contributed by atoms with E-state index >= 15 is 0 Å². The van der Waals surface area contributed by atoms with Gasteiger partial charge in [-0.2, -0.15) is 5.26 Å². The monoisotopic (exact) mass is 141 g/mol. The molecule has 0 saturated carbocycles. The molecule has 54 valence electrons. The number of ether oxygens (including phenoxy) is 2. The van der Waals surface area contributed by atoms with Crippen molar-refractivity contribution in [1.29, 1.82) is 5.26 Å². The largest absolute Gasteiger partial charge is 0.509 e. The molecule has 0 aliphatic carbocycles. The summed E-state index contributed by atoms with van der Waals surface area (Å²) in [5.41, 5.74) is 0. The van der Waals surface area contributed by atoms with Gasteiger partial charge in [-0.3, -0.25) is 0 Å². The third-order valence-electron chi connectivity index (χ3n) is 0.574. The summed E-state index contributed by atoms with van der Waals surface area (Å²) in [7, 11) is 0. The van der Waals surface area contributed by atoms with Gasteiger partial charge in [0.1, 0.15) is 12.7 Å². The van der Waals surface area contributed by atoms with E-state index < -0.39 is 6.16 Å². The second-order valence-corrected chi connectivity index (χ2v) is 1.30. The van der Waals surface area contributed by atoms with Gasteiger partial charge in [0.25, 0.3) is 0 Å². The number of carbonyl (C=O) groups excluding carboxylic acids is 1. The number of hydrogen-bond acceptors (Lipinski definition) is 4.